The van der Waals surface area contributed by atoms with E-state index < -0.39 is 0 Å². The molecule has 2 N–H and O–H groups in total. The van der Waals surface area contributed by atoms with Crippen LogP contribution in [0.15, 0.2) is 18.2 Å². The Balaban J connectivity index is 2.09. The van der Waals surface area contributed by atoms with Gasteiger partial charge in [0.15, 0.2) is 0 Å². The molecule has 1 aliphatic rings. The summed E-state index contributed by atoms with van der Waals surface area (Å²) >= 11 is 1.52. The molecular formula is C14H16N2OS. The molecule has 1 aromatic carbocycles. The number of carbonyl (C=O) groups excluding carboxylic acids is 1. The second-order valence-electron chi connectivity index (χ2n) is 4.94. The molecule has 1 fully saturated rings. The number of nitrogens with zero attached hydrogens (tertiary/aromatic N) is 1. The number of nitrogens with two attached hydrogens (primary N) is 1. The number of hydrogen-bond acceptors (Lipinski definition) is 3. The summed E-state index contributed by atoms with van der Waals surface area (Å²) in [5, 5.41) is 1.01. The zero-order valence-corrected chi connectivity index (χ0v) is 11.4. The predicted molar refractivity (Wildman–Crippen MR) is 76.1 cm³/mol. The molecule has 3 nitrogen and oxygen atoms in total. The van der Waals surface area contributed by atoms with E-state index in [0.717, 1.165) is 22.9 Å². The molecule has 0 aliphatic heterocycles. The second kappa shape index (κ2) is 3.99. The van der Waals surface area contributed by atoms with Crippen molar-refractivity contribution in [3.8, 4) is 0 Å². The average molecular weight is 260 g/mol. The Kier molecular flexibility index (Phi) is 2.55. The number of amides is 1. The van der Waals surface area contributed by atoms with Crippen LogP contribution in [0.25, 0.3) is 10.1 Å². The largest absolute Gasteiger partial charge is 0.397 e. The van der Waals surface area contributed by atoms with Crippen LogP contribution < -0.4 is 5.73 Å². The highest BCUT2D eigenvalue weighted by molar-refractivity contribution is 7.21. The minimum absolute atomic E-state index is 0.0654. The lowest BCUT2D eigenvalue weighted by Gasteiger charge is -2.15. The first-order valence-electron chi connectivity index (χ1n) is 6.14. The number of nitrogen functional groups attached to an aromatic ring is 1. The Hall–Kier alpha value is -1.55. The molecule has 1 saturated carbocycles. The molecule has 0 saturated heterocycles. The summed E-state index contributed by atoms with van der Waals surface area (Å²) in [4.78, 5) is 14.9. The quantitative estimate of drug-likeness (QED) is 0.902. The normalized spacial score (nSPS) is 15.0. The van der Waals surface area contributed by atoms with Gasteiger partial charge in [-0.05, 0) is 25.3 Å². The van der Waals surface area contributed by atoms with Crippen LogP contribution in [0.2, 0.25) is 0 Å². The average Bonchev–Trinajstić information content (AvgIpc) is 3.14. The summed E-state index contributed by atoms with van der Waals surface area (Å²) in [7, 11) is 1.87. The highest BCUT2D eigenvalue weighted by atomic mass is 32.1. The van der Waals surface area contributed by atoms with Gasteiger partial charge in [0.1, 0.15) is 4.88 Å². The monoisotopic (exact) mass is 260 g/mol. The van der Waals surface area contributed by atoms with Gasteiger partial charge in [-0.1, -0.05) is 18.2 Å². The first kappa shape index (κ1) is 11.5. The van der Waals surface area contributed by atoms with Gasteiger partial charge in [0.05, 0.1) is 5.69 Å². The number of benzene rings is 1. The van der Waals surface area contributed by atoms with Crippen molar-refractivity contribution in [3.63, 3.8) is 0 Å². The van der Waals surface area contributed by atoms with Crippen LogP contribution in [0.1, 0.15) is 28.1 Å². The van der Waals surface area contributed by atoms with Crippen LogP contribution in [0.3, 0.4) is 0 Å². The summed E-state index contributed by atoms with van der Waals surface area (Å²) in [6.07, 6.45) is 2.23. The fourth-order valence-corrected chi connectivity index (χ4v) is 3.40. The van der Waals surface area contributed by atoms with E-state index in [4.69, 9.17) is 5.73 Å². The SMILES string of the molecule is Cc1cccc2c(N)c(C(=O)N(C)C3CC3)sc12. The van der Waals surface area contributed by atoms with E-state index in [9.17, 15) is 4.79 Å². The molecule has 18 heavy (non-hydrogen) atoms. The molecule has 0 unspecified atom stereocenters. The molecule has 4 heteroatoms. The minimum Gasteiger partial charge on any atom is -0.397 e. The van der Waals surface area contributed by atoms with E-state index >= 15 is 0 Å². The van der Waals surface area contributed by atoms with E-state index in [1.807, 2.05) is 24.1 Å². The Morgan fingerprint density at radius 1 is 1.44 bits per heavy atom. The zero-order chi connectivity index (χ0) is 12.9. The third-order valence-electron chi connectivity index (χ3n) is 3.56. The number of carbonyl (C=O) groups is 1. The van der Waals surface area contributed by atoms with Gasteiger partial charge in [-0.15, -0.1) is 11.3 Å². The van der Waals surface area contributed by atoms with Gasteiger partial charge in [0, 0.05) is 23.2 Å². The number of rotatable bonds is 2. The van der Waals surface area contributed by atoms with Crippen molar-refractivity contribution in [2.45, 2.75) is 25.8 Å². The number of thiophene rings is 1. The smallest absolute Gasteiger partial charge is 0.266 e. The first-order chi connectivity index (χ1) is 8.59. The van der Waals surface area contributed by atoms with Crippen LogP contribution >= 0.6 is 11.3 Å². The molecule has 0 atom stereocenters. The van der Waals surface area contributed by atoms with Crippen molar-refractivity contribution in [1.29, 1.82) is 0 Å². The molecule has 1 amide bonds. The number of fused-ring (bicyclic) bond motifs is 1. The Morgan fingerprint density at radius 3 is 2.78 bits per heavy atom. The summed E-state index contributed by atoms with van der Waals surface area (Å²) in [5.74, 6) is 0.0654. The molecule has 2 aromatic rings. The summed E-state index contributed by atoms with van der Waals surface area (Å²) in [6, 6.07) is 6.45. The highest BCUT2D eigenvalue weighted by Gasteiger charge is 2.32. The molecule has 0 radical (unpaired) electrons. The van der Waals surface area contributed by atoms with Gasteiger partial charge < -0.3 is 10.6 Å². The second-order valence-corrected chi connectivity index (χ2v) is 5.96. The van der Waals surface area contributed by atoms with Gasteiger partial charge >= 0.3 is 0 Å². The van der Waals surface area contributed by atoms with E-state index in [0.29, 0.717) is 16.6 Å². The van der Waals surface area contributed by atoms with E-state index in [2.05, 4.69) is 13.0 Å². The Bertz CT molecular complexity index is 628. The molecule has 1 heterocycles. The lowest BCUT2D eigenvalue weighted by Crippen LogP contribution is -2.28. The highest BCUT2D eigenvalue weighted by Crippen LogP contribution is 2.37. The third-order valence-corrected chi connectivity index (χ3v) is 4.90. The van der Waals surface area contributed by atoms with Crippen molar-refractivity contribution >= 4 is 33.0 Å². The molecule has 0 bridgehead atoms. The minimum atomic E-state index is 0.0654. The molecule has 1 aliphatic carbocycles. The lowest BCUT2D eigenvalue weighted by atomic mass is 10.1. The van der Waals surface area contributed by atoms with Crippen molar-refractivity contribution in [1.82, 2.24) is 4.90 Å². The predicted octanol–water partition coefficient (Wildman–Crippen LogP) is 3.03. The lowest BCUT2D eigenvalue weighted by molar-refractivity contribution is 0.0791. The van der Waals surface area contributed by atoms with Gasteiger partial charge in [-0.3, -0.25) is 4.79 Å². The van der Waals surface area contributed by atoms with Crippen LogP contribution in [-0.4, -0.2) is 23.9 Å². The zero-order valence-electron chi connectivity index (χ0n) is 10.6. The van der Waals surface area contributed by atoms with Crippen LogP contribution in [0.4, 0.5) is 5.69 Å². The first-order valence-corrected chi connectivity index (χ1v) is 6.96. The van der Waals surface area contributed by atoms with E-state index in [1.165, 1.54) is 16.9 Å². The molecule has 3 rings (SSSR count). The molecule has 0 spiro atoms. The van der Waals surface area contributed by atoms with E-state index in [1.54, 1.807) is 0 Å². The summed E-state index contributed by atoms with van der Waals surface area (Å²) in [5.41, 5.74) is 7.94. The summed E-state index contributed by atoms with van der Waals surface area (Å²) in [6.45, 7) is 2.05. The van der Waals surface area contributed by atoms with E-state index in [-0.39, 0.29) is 5.91 Å². The summed E-state index contributed by atoms with van der Waals surface area (Å²) < 4.78 is 1.13. The Labute approximate surface area is 110 Å². The van der Waals surface area contributed by atoms with Crippen LogP contribution in [0.5, 0.6) is 0 Å². The maximum absolute atomic E-state index is 12.4. The van der Waals surface area contributed by atoms with Gasteiger partial charge in [0.25, 0.3) is 5.91 Å². The van der Waals surface area contributed by atoms with Crippen molar-refractivity contribution in [3.05, 3.63) is 28.6 Å². The molecule has 94 valence electrons. The number of hydrogen-bond donors (Lipinski definition) is 1. The fourth-order valence-electron chi connectivity index (χ4n) is 2.23. The van der Waals surface area contributed by atoms with Gasteiger partial charge in [0.2, 0.25) is 0 Å². The van der Waals surface area contributed by atoms with Gasteiger partial charge in [-0.25, -0.2) is 0 Å². The Morgan fingerprint density at radius 2 is 2.17 bits per heavy atom. The van der Waals surface area contributed by atoms with Gasteiger partial charge in [-0.2, -0.15) is 0 Å². The maximum Gasteiger partial charge on any atom is 0.266 e. The molecular weight excluding hydrogens is 244 g/mol. The number of anilines is 1. The number of aryl methyl sites for hydroxylation is 1. The van der Waals surface area contributed by atoms with Crippen molar-refractivity contribution in [2.24, 2.45) is 0 Å². The standard InChI is InChI=1S/C14H16N2OS/c1-8-4-3-5-10-11(15)13(18-12(8)10)14(17)16(2)9-6-7-9/h3-5,9H,6-7,15H2,1-2H3. The topological polar surface area (TPSA) is 46.3 Å². The van der Waals surface area contributed by atoms with Crippen molar-refractivity contribution < 1.29 is 4.79 Å². The van der Waals surface area contributed by atoms with Crippen LogP contribution in [-0.2, 0) is 0 Å². The third kappa shape index (κ3) is 1.68. The maximum atomic E-state index is 12.4. The van der Waals surface area contributed by atoms with Crippen LogP contribution in [0, 0.1) is 6.92 Å². The van der Waals surface area contributed by atoms with Crippen molar-refractivity contribution in [2.75, 3.05) is 12.8 Å². The fraction of sp³-hybridized carbons (Fsp3) is 0.357. The molecule has 1 aromatic heterocycles.